The minimum absolute atomic E-state index is 0.206. The Bertz CT molecular complexity index is 633. The Morgan fingerprint density at radius 3 is 2.70 bits per heavy atom. The molecular weight excluding hydrogens is 265 g/mol. The Morgan fingerprint density at radius 1 is 1.35 bits per heavy atom. The van der Waals surface area contributed by atoms with Crippen LogP contribution in [-0.2, 0) is 6.54 Å². The average molecular weight is 282 g/mol. The average Bonchev–Trinajstić information content (AvgIpc) is 3.06. The van der Waals surface area contributed by atoms with Gasteiger partial charge in [0, 0.05) is 5.39 Å². The summed E-state index contributed by atoms with van der Waals surface area (Å²) >= 11 is 0. The zero-order chi connectivity index (χ0) is 14.4. The van der Waals surface area contributed by atoms with Crippen LogP contribution >= 0.6 is 0 Å². The quantitative estimate of drug-likeness (QED) is 0.821. The van der Waals surface area contributed by atoms with Gasteiger partial charge < -0.3 is 0 Å². The van der Waals surface area contributed by atoms with Gasteiger partial charge in [0.1, 0.15) is 12.1 Å². The highest BCUT2D eigenvalue weighted by Gasteiger charge is 2.42. The number of hydrogen-bond donors (Lipinski definition) is 0. The van der Waals surface area contributed by atoms with Crippen molar-refractivity contribution in [2.24, 2.45) is 11.8 Å². The predicted octanol–water partition coefficient (Wildman–Crippen LogP) is 4.20. The lowest BCUT2D eigenvalue weighted by molar-refractivity contribution is 0.123. The zero-order valence-corrected chi connectivity index (χ0v) is 11.5. The molecule has 1 aromatic heterocycles. The minimum Gasteiger partial charge on any atom is -0.256 e. The van der Waals surface area contributed by atoms with Gasteiger partial charge in [-0.3, -0.25) is 4.68 Å². The normalized spacial score (nSPS) is 22.1. The van der Waals surface area contributed by atoms with Gasteiger partial charge in [-0.15, -0.1) is 0 Å². The number of fused-ring (bicyclic) bond motifs is 1. The van der Waals surface area contributed by atoms with Crippen molar-refractivity contribution >= 4 is 10.9 Å². The predicted molar refractivity (Wildman–Crippen MR) is 71.4 cm³/mol. The number of halogens is 3. The molecule has 0 radical (unpaired) electrons. The molecule has 0 bridgehead atoms. The summed E-state index contributed by atoms with van der Waals surface area (Å²) in [5, 5.41) is 4.45. The number of rotatable bonds is 4. The van der Waals surface area contributed by atoms with Crippen LogP contribution in [0.3, 0.4) is 0 Å². The molecule has 20 heavy (non-hydrogen) atoms. The van der Waals surface area contributed by atoms with Gasteiger partial charge in [-0.1, -0.05) is 26.0 Å². The molecule has 0 spiro atoms. The molecule has 1 aromatic carbocycles. The summed E-state index contributed by atoms with van der Waals surface area (Å²) in [5.41, 5.74) is 0.851. The standard InChI is InChI=1S/C15H17F3N2/c1-8(2)11-5-12(11)10-4-3-9-6-19-20(7-13(16)17)15(9)14(10)18/h3-4,6,8,11-13H,5,7H2,1-2H3/t11-,12-/m1/s1. The van der Waals surface area contributed by atoms with Crippen molar-refractivity contribution in [2.45, 2.75) is 39.2 Å². The van der Waals surface area contributed by atoms with E-state index in [9.17, 15) is 13.2 Å². The van der Waals surface area contributed by atoms with Gasteiger partial charge in [0.2, 0.25) is 0 Å². The molecule has 0 N–H and O–H groups in total. The maximum absolute atomic E-state index is 14.6. The van der Waals surface area contributed by atoms with Crippen LogP contribution in [0.2, 0.25) is 0 Å². The van der Waals surface area contributed by atoms with Gasteiger partial charge in [-0.05, 0) is 29.7 Å². The van der Waals surface area contributed by atoms with Crippen molar-refractivity contribution in [3.05, 3.63) is 29.7 Å². The fraction of sp³-hybridized carbons (Fsp3) is 0.533. The van der Waals surface area contributed by atoms with Gasteiger partial charge in [0.25, 0.3) is 6.43 Å². The van der Waals surface area contributed by atoms with E-state index in [-0.39, 0.29) is 17.3 Å². The van der Waals surface area contributed by atoms with Gasteiger partial charge in [-0.2, -0.15) is 5.10 Å². The molecule has 5 heteroatoms. The van der Waals surface area contributed by atoms with Gasteiger partial charge in [0.05, 0.1) is 6.20 Å². The highest BCUT2D eigenvalue weighted by atomic mass is 19.3. The fourth-order valence-corrected chi connectivity index (χ4v) is 3.02. The molecule has 0 saturated heterocycles. The van der Waals surface area contributed by atoms with E-state index in [1.807, 2.05) is 0 Å². The van der Waals surface area contributed by atoms with Crippen LogP contribution in [0.1, 0.15) is 31.7 Å². The van der Waals surface area contributed by atoms with Crippen molar-refractivity contribution in [1.29, 1.82) is 0 Å². The van der Waals surface area contributed by atoms with Crippen LogP contribution in [0.4, 0.5) is 13.2 Å². The molecule has 2 nitrogen and oxygen atoms in total. The Balaban J connectivity index is 2.01. The van der Waals surface area contributed by atoms with E-state index >= 15 is 0 Å². The number of alkyl halides is 2. The zero-order valence-electron chi connectivity index (χ0n) is 11.5. The van der Waals surface area contributed by atoms with Crippen molar-refractivity contribution in [2.75, 3.05) is 0 Å². The molecule has 1 aliphatic carbocycles. The van der Waals surface area contributed by atoms with Crippen LogP contribution in [-0.4, -0.2) is 16.2 Å². The number of aromatic nitrogens is 2. The number of hydrogen-bond acceptors (Lipinski definition) is 1. The molecule has 0 aliphatic heterocycles. The minimum atomic E-state index is -2.54. The van der Waals surface area contributed by atoms with E-state index in [1.165, 1.54) is 6.20 Å². The molecule has 108 valence electrons. The lowest BCUT2D eigenvalue weighted by Crippen LogP contribution is -2.09. The molecule has 0 amide bonds. The summed E-state index contributed by atoms with van der Waals surface area (Å²) in [6.07, 6.45) is -0.119. The topological polar surface area (TPSA) is 17.8 Å². The van der Waals surface area contributed by atoms with Crippen molar-refractivity contribution in [3.8, 4) is 0 Å². The molecule has 3 rings (SSSR count). The van der Waals surface area contributed by atoms with Gasteiger partial charge in [0.15, 0.2) is 5.82 Å². The van der Waals surface area contributed by atoms with Crippen molar-refractivity contribution < 1.29 is 13.2 Å². The lowest BCUT2D eigenvalue weighted by Gasteiger charge is -2.08. The summed E-state index contributed by atoms with van der Waals surface area (Å²) < 4.78 is 40.7. The first kappa shape index (κ1) is 13.5. The van der Waals surface area contributed by atoms with E-state index < -0.39 is 13.0 Å². The first-order chi connectivity index (χ1) is 9.49. The molecular formula is C15H17F3N2. The summed E-state index contributed by atoms with van der Waals surface area (Å²) in [4.78, 5) is 0. The maximum atomic E-state index is 14.6. The molecule has 1 saturated carbocycles. The third kappa shape index (κ3) is 2.19. The van der Waals surface area contributed by atoms with Crippen molar-refractivity contribution in [3.63, 3.8) is 0 Å². The van der Waals surface area contributed by atoms with Crippen molar-refractivity contribution in [1.82, 2.24) is 9.78 Å². The second-order valence-corrected chi connectivity index (χ2v) is 5.87. The second-order valence-electron chi connectivity index (χ2n) is 5.87. The molecule has 1 heterocycles. The first-order valence-electron chi connectivity index (χ1n) is 6.91. The van der Waals surface area contributed by atoms with Crippen LogP contribution in [0, 0.1) is 17.7 Å². The molecule has 1 fully saturated rings. The summed E-state index contributed by atoms with van der Waals surface area (Å²) in [6.45, 7) is 3.69. The summed E-state index contributed by atoms with van der Waals surface area (Å²) in [5.74, 6) is 0.845. The van der Waals surface area contributed by atoms with Crippen LogP contribution in [0.5, 0.6) is 0 Å². The Hall–Kier alpha value is -1.52. The Morgan fingerprint density at radius 2 is 2.10 bits per heavy atom. The third-order valence-corrected chi connectivity index (χ3v) is 4.18. The third-order valence-electron chi connectivity index (χ3n) is 4.18. The van der Waals surface area contributed by atoms with E-state index in [1.54, 1.807) is 12.1 Å². The van der Waals surface area contributed by atoms with Gasteiger partial charge in [-0.25, -0.2) is 13.2 Å². The fourth-order valence-electron chi connectivity index (χ4n) is 3.02. The Kier molecular flexibility index (Phi) is 3.22. The molecule has 1 aliphatic rings. The maximum Gasteiger partial charge on any atom is 0.257 e. The number of benzene rings is 1. The molecule has 2 aromatic rings. The number of nitrogens with zero attached hydrogens (tertiary/aromatic N) is 2. The van der Waals surface area contributed by atoms with Crippen LogP contribution in [0.15, 0.2) is 18.3 Å². The van der Waals surface area contributed by atoms with Crippen LogP contribution in [0.25, 0.3) is 10.9 Å². The van der Waals surface area contributed by atoms with E-state index in [2.05, 4.69) is 18.9 Å². The Labute approximate surface area is 115 Å². The van der Waals surface area contributed by atoms with Gasteiger partial charge >= 0.3 is 0 Å². The lowest BCUT2D eigenvalue weighted by atomic mass is 10.0. The monoisotopic (exact) mass is 282 g/mol. The van der Waals surface area contributed by atoms with Crippen LogP contribution < -0.4 is 0 Å². The van der Waals surface area contributed by atoms with E-state index in [0.29, 0.717) is 22.8 Å². The highest BCUT2D eigenvalue weighted by molar-refractivity contribution is 5.80. The molecule has 2 atom stereocenters. The second kappa shape index (κ2) is 4.79. The first-order valence-corrected chi connectivity index (χ1v) is 6.91. The van der Waals surface area contributed by atoms with E-state index in [4.69, 9.17) is 0 Å². The summed E-state index contributed by atoms with van der Waals surface area (Å²) in [6, 6.07) is 3.55. The van der Waals surface area contributed by atoms with E-state index in [0.717, 1.165) is 11.1 Å². The smallest absolute Gasteiger partial charge is 0.256 e. The highest BCUT2D eigenvalue weighted by Crippen LogP contribution is 2.52. The molecule has 0 unspecified atom stereocenters. The largest absolute Gasteiger partial charge is 0.257 e. The summed E-state index contributed by atoms with van der Waals surface area (Å²) in [7, 11) is 0. The SMILES string of the molecule is CC(C)[C@H]1C[C@@H]1c1ccc2cnn(CC(F)F)c2c1F.